The molecule has 1 saturated carbocycles. The molecule has 1 N–H and O–H groups in total. The van der Waals surface area contributed by atoms with Gasteiger partial charge in [0.1, 0.15) is 5.82 Å². The molecule has 0 saturated heterocycles. The van der Waals surface area contributed by atoms with Crippen LogP contribution in [0, 0.1) is 11.7 Å². The number of rotatable bonds is 6. The molecular weight excluding hydrogens is 201 g/mol. The number of benzene rings is 1. The first-order chi connectivity index (χ1) is 7.81. The van der Waals surface area contributed by atoms with Gasteiger partial charge in [0, 0.05) is 6.04 Å². The topological polar surface area (TPSA) is 12.0 Å². The van der Waals surface area contributed by atoms with Gasteiger partial charge in [-0.2, -0.15) is 0 Å². The molecule has 0 aromatic heterocycles. The second-order valence-corrected chi connectivity index (χ2v) is 4.67. The van der Waals surface area contributed by atoms with Crippen molar-refractivity contribution in [2.45, 2.75) is 38.6 Å². The van der Waals surface area contributed by atoms with Crippen LogP contribution in [-0.4, -0.2) is 6.54 Å². The Morgan fingerprint density at radius 2 is 2.00 bits per heavy atom. The summed E-state index contributed by atoms with van der Waals surface area (Å²) in [6.45, 7) is 3.26. The third-order valence-electron chi connectivity index (χ3n) is 3.22. The Morgan fingerprint density at radius 3 is 2.56 bits per heavy atom. The molecule has 0 amide bonds. The highest BCUT2D eigenvalue weighted by Crippen LogP contribution is 2.40. The molecule has 0 radical (unpaired) electrons. The van der Waals surface area contributed by atoms with E-state index in [0.29, 0.717) is 6.04 Å². The average molecular weight is 221 g/mol. The van der Waals surface area contributed by atoms with Crippen molar-refractivity contribution in [2.24, 2.45) is 5.92 Å². The summed E-state index contributed by atoms with van der Waals surface area (Å²) >= 11 is 0. The normalized spacial score (nSPS) is 17.4. The van der Waals surface area contributed by atoms with Gasteiger partial charge in [0.2, 0.25) is 0 Å². The van der Waals surface area contributed by atoms with Crippen molar-refractivity contribution >= 4 is 0 Å². The maximum atomic E-state index is 12.9. The van der Waals surface area contributed by atoms with E-state index in [9.17, 15) is 4.39 Å². The number of unbranched alkanes of at least 4 members (excludes halogenated alkanes) is 1. The van der Waals surface area contributed by atoms with Crippen LogP contribution in [0.5, 0.6) is 0 Å². The van der Waals surface area contributed by atoms with Crippen LogP contribution in [0.4, 0.5) is 4.39 Å². The number of halogens is 1. The predicted octanol–water partition coefficient (Wildman–Crippen LogP) is 3.67. The zero-order valence-electron chi connectivity index (χ0n) is 9.88. The lowest BCUT2D eigenvalue weighted by atomic mass is 10.0. The van der Waals surface area contributed by atoms with Crippen LogP contribution in [0.3, 0.4) is 0 Å². The van der Waals surface area contributed by atoms with Gasteiger partial charge in [0.25, 0.3) is 0 Å². The standard InChI is InChI=1S/C14H20FN/c1-2-3-10-16-14(11-4-5-11)12-6-8-13(15)9-7-12/h6-9,11,14,16H,2-5,10H2,1H3. The quantitative estimate of drug-likeness (QED) is 0.723. The van der Waals surface area contributed by atoms with Crippen molar-refractivity contribution in [3.63, 3.8) is 0 Å². The molecule has 2 rings (SSSR count). The fourth-order valence-corrected chi connectivity index (χ4v) is 2.09. The van der Waals surface area contributed by atoms with Crippen molar-refractivity contribution in [3.8, 4) is 0 Å². The minimum Gasteiger partial charge on any atom is -0.310 e. The van der Waals surface area contributed by atoms with Gasteiger partial charge in [-0.15, -0.1) is 0 Å². The van der Waals surface area contributed by atoms with E-state index in [-0.39, 0.29) is 5.82 Å². The van der Waals surface area contributed by atoms with Gasteiger partial charge < -0.3 is 5.32 Å². The molecule has 0 spiro atoms. The molecule has 1 aliphatic carbocycles. The molecular formula is C14H20FN. The molecule has 1 nitrogen and oxygen atoms in total. The summed E-state index contributed by atoms with van der Waals surface area (Å²) in [5.41, 5.74) is 1.24. The maximum absolute atomic E-state index is 12.9. The molecule has 1 aromatic rings. The van der Waals surface area contributed by atoms with Gasteiger partial charge in [0.05, 0.1) is 0 Å². The van der Waals surface area contributed by atoms with Gasteiger partial charge in [-0.3, -0.25) is 0 Å². The molecule has 0 bridgehead atoms. The average Bonchev–Trinajstić information content (AvgIpc) is 3.10. The van der Waals surface area contributed by atoms with Crippen LogP contribution in [0.2, 0.25) is 0 Å². The molecule has 1 atom stereocenters. The minimum absolute atomic E-state index is 0.146. The molecule has 2 heteroatoms. The second kappa shape index (κ2) is 5.44. The van der Waals surface area contributed by atoms with E-state index in [2.05, 4.69) is 12.2 Å². The third-order valence-corrected chi connectivity index (χ3v) is 3.22. The van der Waals surface area contributed by atoms with E-state index in [1.165, 1.54) is 31.2 Å². The highest BCUT2D eigenvalue weighted by Gasteiger charge is 2.31. The summed E-state index contributed by atoms with van der Waals surface area (Å²) in [5.74, 6) is 0.620. The first-order valence-electron chi connectivity index (χ1n) is 6.30. The molecule has 1 aliphatic rings. The van der Waals surface area contributed by atoms with Crippen molar-refractivity contribution in [1.29, 1.82) is 0 Å². The second-order valence-electron chi connectivity index (χ2n) is 4.67. The van der Waals surface area contributed by atoms with Crippen molar-refractivity contribution in [3.05, 3.63) is 35.6 Å². The van der Waals surface area contributed by atoms with E-state index >= 15 is 0 Å². The Balaban J connectivity index is 1.98. The Labute approximate surface area is 97.1 Å². The third kappa shape index (κ3) is 3.05. The van der Waals surface area contributed by atoms with Crippen LogP contribution >= 0.6 is 0 Å². The Morgan fingerprint density at radius 1 is 1.31 bits per heavy atom. The summed E-state index contributed by atoms with van der Waals surface area (Å²) in [4.78, 5) is 0. The Bertz CT molecular complexity index is 316. The summed E-state index contributed by atoms with van der Waals surface area (Å²) in [6, 6.07) is 7.39. The van der Waals surface area contributed by atoms with Gasteiger partial charge in [-0.05, 0) is 49.4 Å². The Kier molecular flexibility index (Phi) is 3.94. The molecule has 1 aromatic carbocycles. The van der Waals surface area contributed by atoms with Crippen molar-refractivity contribution in [1.82, 2.24) is 5.32 Å². The zero-order valence-corrected chi connectivity index (χ0v) is 9.88. The number of nitrogens with one attached hydrogen (secondary N) is 1. The van der Waals surface area contributed by atoms with Crippen LogP contribution in [0.1, 0.15) is 44.2 Å². The van der Waals surface area contributed by atoms with Gasteiger partial charge in [-0.25, -0.2) is 4.39 Å². The molecule has 16 heavy (non-hydrogen) atoms. The Hall–Kier alpha value is -0.890. The van der Waals surface area contributed by atoms with E-state index in [1.807, 2.05) is 12.1 Å². The molecule has 0 heterocycles. The lowest BCUT2D eigenvalue weighted by molar-refractivity contribution is 0.472. The first-order valence-corrected chi connectivity index (χ1v) is 6.30. The van der Waals surface area contributed by atoms with Crippen LogP contribution in [0.25, 0.3) is 0 Å². The summed E-state index contributed by atoms with van der Waals surface area (Å²) in [7, 11) is 0. The van der Waals surface area contributed by atoms with Crippen LogP contribution in [-0.2, 0) is 0 Å². The summed E-state index contributed by atoms with van der Waals surface area (Å²) in [5, 5.41) is 3.60. The molecule has 1 fully saturated rings. The van der Waals surface area contributed by atoms with Gasteiger partial charge >= 0.3 is 0 Å². The van der Waals surface area contributed by atoms with Crippen LogP contribution < -0.4 is 5.32 Å². The van der Waals surface area contributed by atoms with Crippen molar-refractivity contribution < 1.29 is 4.39 Å². The summed E-state index contributed by atoms with van der Waals surface area (Å²) in [6.07, 6.45) is 5.04. The fraction of sp³-hybridized carbons (Fsp3) is 0.571. The predicted molar refractivity (Wildman–Crippen MR) is 64.8 cm³/mol. The minimum atomic E-state index is -0.146. The zero-order chi connectivity index (χ0) is 11.4. The number of hydrogen-bond donors (Lipinski definition) is 1. The van der Waals surface area contributed by atoms with E-state index in [0.717, 1.165) is 12.5 Å². The van der Waals surface area contributed by atoms with Gasteiger partial charge in [-0.1, -0.05) is 25.5 Å². The highest BCUT2D eigenvalue weighted by molar-refractivity contribution is 5.21. The lowest BCUT2D eigenvalue weighted by Crippen LogP contribution is -2.24. The molecule has 1 unspecified atom stereocenters. The van der Waals surface area contributed by atoms with Gasteiger partial charge in [0.15, 0.2) is 0 Å². The van der Waals surface area contributed by atoms with E-state index in [1.54, 1.807) is 12.1 Å². The maximum Gasteiger partial charge on any atom is 0.123 e. The molecule has 88 valence electrons. The smallest absolute Gasteiger partial charge is 0.123 e. The number of hydrogen-bond acceptors (Lipinski definition) is 1. The fourth-order valence-electron chi connectivity index (χ4n) is 2.09. The lowest BCUT2D eigenvalue weighted by Gasteiger charge is -2.18. The van der Waals surface area contributed by atoms with E-state index < -0.39 is 0 Å². The largest absolute Gasteiger partial charge is 0.310 e. The van der Waals surface area contributed by atoms with Crippen LogP contribution in [0.15, 0.2) is 24.3 Å². The van der Waals surface area contributed by atoms with Crippen molar-refractivity contribution in [2.75, 3.05) is 6.54 Å². The monoisotopic (exact) mass is 221 g/mol. The highest BCUT2D eigenvalue weighted by atomic mass is 19.1. The SMILES string of the molecule is CCCCNC(c1ccc(F)cc1)C1CC1. The first kappa shape index (κ1) is 11.6. The summed E-state index contributed by atoms with van der Waals surface area (Å²) < 4.78 is 12.9. The van der Waals surface area contributed by atoms with E-state index in [4.69, 9.17) is 0 Å². The molecule has 0 aliphatic heterocycles.